The van der Waals surface area contributed by atoms with Crippen LogP contribution in [0.4, 0.5) is 0 Å². The number of fused-ring (bicyclic) bond motifs is 1. The van der Waals surface area contributed by atoms with Gasteiger partial charge in [0.05, 0.1) is 6.04 Å². The summed E-state index contributed by atoms with van der Waals surface area (Å²) < 4.78 is 0. The molecule has 1 aromatic carbocycles. The Balaban J connectivity index is 2.08. The number of hydrogen-bond donors (Lipinski definition) is 10. The predicted octanol–water partition coefficient (Wildman–Crippen LogP) is -1.68. The molecule has 0 saturated heterocycles. The summed E-state index contributed by atoms with van der Waals surface area (Å²) in [5, 5.41) is 11.5. The van der Waals surface area contributed by atoms with Crippen LogP contribution in [-0.2, 0) is 30.4 Å². The molecular formula is C31H51N11O5. The van der Waals surface area contributed by atoms with Crippen molar-refractivity contribution in [2.45, 2.75) is 89.5 Å². The van der Waals surface area contributed by atoms with Crippen molar-refractivity contribution in [2.75, 3.05) is 13.1 Å². The van der Waals surface area contributed by atoms with Gasteiger partial charge in [-0.05, 0) is 63.1 Å². The lowest BCUT2D eigenvalue weighted by Gasteiger charge is -2.27. The first-order valence-electron chi connectivity index (χ1n) is 15.8. The zero-order valence-corrected chi connectivity index (χ0v) is 27.4. The zero-order valence-electron chi connectivity index (χ0n) is 27.4. The molecule has 0 spiro atoms. The highest BCUT2D eigenvalue weighted by Crippen LogP contribution is 2.19. The lowest BCUT2D eigenvalue weighted by molar-refractivity contribution is -0.135. The van der Waals surface area contributed by atoms with Gasteiger partial charge in [0.15, 0.2) is 5.96 Å². The lowest BCUT2D eigenvalue weighted by atomic mass is 10.0. The highest BCUT2D eigenvalue weighted by atomic mass is 16.2. The van der Waals surface area contributed by atoms with Crippen molar-refractivity contribution in [1.82, 2.24) is 26.3 Å². The van der Waals surface area contributed by atoms with E-state index in [0.717, 1.165) is 16.5 Å². The number of nitrogens with zero attached hydrogens (tertiary/aromatic N) is 1. The van der Waals surface area contributed by atoms with E-state index in [4.69, 9.17) is 28.7 Å². The Morgan fingerprint density at radius 2 is 1.49 bits per heavy atom. The van der Waals surface area contributed by atoms with E-state index in [1.54, 1.807) is 20.0 Å². The highest BCUT2D eigenvalue weighted by Gasteiger charge is 2.32. The normalized spacial score (nSPS) is 14.3. The monoisotopic (exact) mass is 657 g/mol. The number of rotatable bonds is 20. The Hall–Kier alpha value is -4.70. The van der Waals surface area contributed by atoms with Gasteiger partial charge in [0.2, 0.25) is 29.5 Å². The van der Waals surface area contributed by atoms with E-state index in [2.05, 4.69) is 31.2 Å². The summed E-state index contributed by atoms with van der Waals surface area (Å²) >= 11 is 0. The maximum atomic E-state index is 13.5. The molecular weight excluding hydrogens is 606 g/mol. The Morgan fingerprint density at radius 3 is 2.13 bits per heavy atom. The molecule has 0 unspecified atom stereocenters. The minimum Gasteiger partial charge on any atom is -0.370 e. The Morgan fingerprint density at radius 1 is 0.809 bits per heavy atom. The molecule has 5 amide bonds. The molecule has 1 aromatic heterocycles. The van der Waals surface area contributed by atoms with Crippen LogP contribution >= 0.6 is 0 Å². The van der Waals surface area contributed by atoms with Crippen LogP contribution in [0.5, 0.6) is 0 Å². The third-order valence-electron chi connectivity index (χ3n) is 7.64. The molecule has 2 aromatic rings. The summed E-state index contributed by atoms with van der Waals surface area (Å²) in [7, 11) is 0. The molecule has 0 aliphatic heterocycles. The number of nitrogens with two attached hydrogens (primary N) is 5. The fraction of sp³-hybridized carbons (Fsp3) is 0.548. The van der Waals surface area contributed by atoms with Gasteiger partial charge in [-0.15, -0.1) is 0 Å². The molecule has 0 aliphatic rings. The number of primary amides is 1. The van der Waals surface area contributed by atoms with Crippen molar-refractivity contribution in [3.05, 3.63) is 36.0 Å². The Kier molecular flexibility index (Phi) is 15.6. The smallest absolute Gasteiger partial charge is 0.243 e. The third kappa shape index (κ3) is 12.5. The number of carbonyl (C=O) groups is 5. The number of aliphatic imine (C=N–C) groups is 1. The molecule has 0 radical (unpaired) electrons. The van der Waals surface area contributed by atoms with E-state index in [-0.39, 0.29) is 24.7 Å². The van der Waals surface area contributed by atoms with Crippen molar-refractivity contribution in [3.8, 4) is 0 Å². The molecule has 0 saturated carbocycles. The van der Waals surface area contributed by atoms with Gasteiger partial charge in [0.1, 0.15) is 24.2 Å². The van der Waals surface area contributed by atoms with Crippen LogP contribution in [-0.4, -0.2) is 83.8 Å². The van der Waals surface area contributed by atoms with Crippen LogP contribution in [0.25, 0.3) is 10.9 Å². The highest BCUT2D eigenvalue weighted by molar-refractivity contribution is 5.96. The molecule has 0 bridgehead atoms. The predicted molar refractivity (Wildman–Crippen MR) is 180 cm³/mol. The van der Waals surface area contributed by atoms with Gasteiger partial charge in [-0.25, -0.2) is 0 Å². The fourth-order valence-electron chi connectivity index (χ4n) is 4.89. The van der Waals surface area contributed by atoms with Gasteiger partial charge in [0, 0.05) is 30.1 Å². The molecule has 0 fully saturated rings. The molecule has 47 heavy (non-hydrogen) atoms. The van der Waals surface area contributed by atoms with Crippen LogP contribution in [0.2, 0.25) is 0 Å². The Labute approximate surface area is 274 Å². The van der Waals surface area contributed by atoms with Crippen molar-refractivity contribution < 1.29 is 24.0 Å². The van der Waals surface area contributed by atoms with E-state index in [9.17, 15) is 24.0 Å². The number of nitrogens with one attached hydrogen (secondary N) is 5. The fourth-order valence-corrected chi connectivity index (χ4v) is 4.89. The standard InChI is InChI=1S/C31H51N11O5/c1-17(2)25(42-27(44)18(3)39-28(45)21(33)10-8-14-37-31(35)36)30(47)40-23(12-6-7-13-32)29(46)41-24(26(34)43)15-19-16-38-22-11-5-4-9-20(19)22/h4-5,9,11,16-18,21,23-25,38H,6-8,10,12-15,32-33H2,1-3H3,(H2,34,43)(H,39,45)(H,40,47)(H,41,46)(H,42,44)(H4,35,36,37)/t18-,21-,23-,24-,25-/m0/s1. The van der Waals surface area contributed by atoms with Crippen molar-refractivity contribution in [2.24, 2.45) is 39.6 Å². The number of hydrogen-bond acceptors (Lipinski definition) is 8. The third-order valence-corrected chi connectivity index (χ3v) is 7.64. The molecule has 0 aliphatic carbocycles. The summed E-state index contributed by atoms with van der Waals surface area (Å²) in [5.74, 6) is -3.53. The largest absolute Gasteiger partial charge is 0.370 e. The first-order chi connectivity index (χ1) is 22.2. The minimum absolute atomic E-state index is 0.0594. The van der Waals surface area contributed by atoms with Gasteiger partial charge in [-0.3, -0.25) is 29.0 Å². The molecule has 1 heterocycles. The van der Waals surface area contributed by atoms with Gasteiger partial charge in [-0.2, -0.15) is 0 Å². The van der Waals surface area contributed by atoms with Crippen LogP contribution in [0.15, 0.2) is 35.5 Å². The summed E-state index contributed by atoms with van der Waals surface area (Å²) in [6, 6.07) is 2.52. The maximum absolute atomic E-state index is 13.5. The van der Waals surface area contributed by atoms with Crippen LogP contribution in [0, 0.1) is 5.92 Å². The quantitative estimate of drug-likeness (QED) is 0.0441. The van der Waals surface area contributed by atoms with Gasteiger partial charge < -0.3 is 54.9 Å². The van der Waals surface area contributed by atoms with E-state index < -0.39 is 59.7 Å². The van der Waals surface area contributed by atoms with Crippen LogP contribution in [0.3, 0.4) is 0 Å². The van der Waals surface area contributed by atoms with Gasteiger partial charge in [-0.1, -0.05) is 32.0 Å². The zero-order chi connectivity index (χ0) is 35.1. The van der Waals surface area contributed by atoms with E-state index in [1.807, 2.05) is 24.3 Å². The summed E-state index contributed by atoms with van der Waals surface area (Å²) in [5.41, 5.74) is 29.5. The van der Waals surface area contributed by atoms with Crippen LogP contribution in [0.1, 0.15) is 58.4 Å². The molecule has 2 rings (SSSR count). The maximum Gasteiger partial charge on any atom is 0.243 e. The molecule has 260 valence electrons. The molecule has 16 heteroatoms. The SMILES string of the molecule is CC(C)[C@H](NC(=O)[C@H](C)NC(=O)[C@@H](N)CCCN=C(N)N)C(=O)N[C@@H](CCCCN)C(=O)N[C@@H](Cc1c[nH]c2ccccc12)C(N)=O. The van der Waals surface area contributed by atoms with E-state index in [0.29, 0.717) is 38.8 Å². The summed E-state index contributed by atoms with van der Waals surface area (Å²) in [6.07, 6.45) is 4.02. The molecule has 16 nitrogen and oxygen atoms in total. The number of H-pyrrole nitrogens is 1. The minimum atomic E-state index is -1.04. The number of amides is 5. The number of benzene rings is 1. The number of guanidine groups is 1. The average molecular weight is 658 g/mol. The van der Waals surface area contributed by atoms with Gasteiger partial charge in [0.25, 0.3) is 0 Å². The number of aromatic amines is 1. The second kappa shape index (κ2) is 19.1. The molecule has 5 atom stereocenters. The van der Waals surface area contributed by atoms with Crippen molar-refractivity contribution in [1.29, 1.82) is 0 Å². The molecule has 15 N–H and O–H groups in total. The second-order valence-corrected chi connectivity index (χ2v) is 11.9. The topological polar surface area (TPSA) is 292 Å². The number of unbranched alkanes of at least 4 members (excludes halogenated alkanes) is 1. The summed E-state index contributed by atoms with van der Waals surface area (Å²) in [6.45, 7) is 5.63. The average Bonchev–Trinajstić information content (AvgIpc) is 3.42. The van der Waals surface area contributed by atoms with Crippen molar-refractivity contribution >= 4 is 46.4 Å². The Bertz CT molecular complexity index is 1390. The first-order valence-corrected chi connectivity index (χ1v) is 15.8. The second-order valence-electron chi connectivity index (χ2n) is 11.9. The first kappa shape index (κ1) is 38.5. The number of para-hydroxylation sites is 1. The van der Waals surface area contributed by atoms with E-state index >= 15 is 0 Å². The number of carbonyl (C=O) groups excluding carboxylic acids is 5. The van der Waals surface area contributed by atoms with Crippen LogP contribution < -0.4 is 49.9 Å². The summed E-state index contributed by atoms with van der Waals surface area (Å²) in [4.78, 5) is 71.8. The van der Waals surface area contributed by atoms with Crippen molar-refractivity contribution in [3.63, 3.8) is 0 Å². The van der Waals surface area contributed by atoms with Gasteiger partial charge >= 0.3 is 0 Å². The lowest BCUT2D eigenvalue weighted by Crippen LogP contribution is -2.59. The van der Waals surface area contributed by atoms with E-state index in [1.165, 1.54) is 6.92 Å². The number of aromatic nitrogens is 1.